The highest BCUT2D eigenvalue weighted by molar-refractivity contribution is 6.19. The van der Waals surface area contributed by atoms with Crippen LogP contribution in [0.2, 0.25) is 0 Å². The molecule has 3 amide bonds. The SMILES string of the molecule is O=C(Nc1ccccc1)c1nnnc(C(=O)Nc2ccccc2)c1C(=O)Nc1ccccc1. The molecule has 0 aliphatic rings. The van der Waals surface area contributed by atoms with Gasteiger partial charge in [-0.3, -0.25) is 14.4 Å². The highest BCUT2D eigenvalue weighted by atomic mass is 16.2. The van der Waals surface area contributed by atoms with Gasteiger partial charge in [0.15, 0.2) is 11.4 Å². The van der Waals surface area contributed by atoms with Crippen LogP contribution in [0.25, 0.3) is 0 Å². The molecule has 33 heavy (non-hydrogen) atoms. The minimum atomic E-state index is -0.722. The van der Waals surface area contributed by atoms with Crippen LogP contribution >= 0.6 is 0 Å². The van der Waals surface area contributed by atoms with Crippen LogP contribution in [0.15, 0.2) is 91.0 Å². The van der Waals surface area contributed by atoms with Crippen LogP contribution < -0.4 is 16.0 Å². The summed E-state index contributed by atoms with van der Waals surface area (Å²) in [5, 5.41) is 19.1. The van der Waals surface area contributed by atoms with Gasteiger partial charge < -0.3 is 16.0 Å². The minimum Gasteiger partial charge on any atom is -0.322 e. The molecule has 0 unspecified atom stereocenters. The zero-order valence-corrected chi connectivity index (χ0v) is 17.2. The van der Waals surface area contributed by atoms with Gasteiger partial charge in [0.05, 0.1) is 0 Å². The molecule has 162 valence electrons. The summed E-state index contributed by atoms with van der Waals surface area (Å²) in [4.78, 5) is 39.1. The molecule has 1 heterocycles. The average Bonchev–Trinajstić information content (AvgIpc) is 2.85. The minimum absolute atomic E-state index is 0.296. The molecule has 3 N–H and O–H groups in total. The number of para-hydroxylation sites is 3. The van der Waals surface area contributed by atoms with Gasteiger partial charge in [-0.05, 0) is 41.6 Å². The van der Waals surface area contributed by atoms with Crippen molar-refractivity contribution < 1.29 is 14.4 Å². The number of carbonyl (C=O) groups excluding carboxylic acids is 3. The highest BCUT2D eigenvalue weighted by Crippen LogP contribution is 2.17. The summed E-state index contributed by atoms with van der Waals surface area (Å²) < 4.78 is 0. The van der Waals surface area contributed by atoms with Crippen molar-refractivity contribution in [1.82, 2.24) is 15.4 Å². The molecule has 0 bridgehead atoms. The maximum absolute atomic E-state index is 13.2. The van der Waals surface area contributed by atoms with Crippen LogP contribution in [0, 0.1) is 0 Å². The lowest BCUT2D eigenvalue weighted by atomic mass is 10.1. The molecule has 0 aliphatic carbocycles. The van der Waals surface area contributed by atoms with E-state index in [-0.39, 0.29) is 17.0 Å². The standard InChI is InChI=1S/C24H18N6O3/c31-22(25-16-10-4-1-5-11-16)19-20(23(32)26-17-12-6-2-7-13-17)28-30-29-21(19)24(33)27-18-14-8-3-9-15-18/h1-15H,(H,25,31)(H,26,32)(H,27,33). The lowest BCUT2D eigenvalue weighted by Crippen LogP contribution is -2.28. The Morgan fingerprint density at radius 3 is 1.18 bits per heavy atom. The molecule has 0 atom stereocenters. The van der Waals surface area contributed by atoms with Gasteiger partial charge in [0.25, 0.3) is 17.7 Å². The van der Waals surface area contributed by atoms with Crippen LogP contribution in [0.3, 0.4) is 0 Å². The number of rotatable bonds is 6. The Bertz CT molecular complexity index is 1210. The van der Waals surface area contributed by atoms with Gasteiger partial charge in [-0.25, -0.2) is 0 Å². The van der Waals surface area contributed by atoms with Crippen LogP contribution in [0.4, 0.5) is 17.1 Å². The molecule has 0 aliphatic heterocycles. The molecule has 0 spiro atoms. The van der Waals surface area contributed by atoms with Crippen molar-refractivity contribution in [2.45, 2.75) is 0 Å². The molecular formula is C24H18N6O3. The summed E-state index contributed by atoms with van der Waals surface area (Å²) in [6.07, 6.45) is 0. The number of hydrogen-bond acceptors (Lipinski definition) is 6. The third-order valence-electron chi connectivity index (χ3n) is 4.52. The number of benzene rings is 3. The van der Waals surface area contributed by atoms with Crippen molar-refractivity contribution in [2.75, 3.05) is 16.0 Å². The largest absolute Gasteiger partial charge is 0.322 e. The van der Waals surface area contributed by atoms with Crippen LogP contribution in [0.5, 0.6) is 0 Å². The predicted molar refractivity (Wildman–Crippen MR) is 123 cm³/mol. The first-order valence-corrected chi connectivity index (χ1v) is 9.94. The molecule has 4 rings (SSSR count). The molecule has 9 heteroatoms. The quantitative estimate of drug-likeness (QED) is 0.422. The van der Waals surface area contributed by atoms with E-state index >= 15 is 0 Å². The number of hydrogen-bond donors (Lipinski definition) is 3. The number of carbonyl (C=O) groups is 3. The maximum atomic E-state index is 13.2. The maximum Gasteiger partial charge on any atom is 0.277 e. The van der Waals surface area contributed by atoms with Crippen molar-refractivity contribution in [3.05, 3.63) is 108 Å². The van der Waals surface area contributed by atoms with Crippen LogP contribution in [0.1, 0.15) is 31.3 Å². The number of anilines is 3. The van der Waals surface area contributed by atoms with E-state index in [0.717, 1.165) is 0 Å². The lowest BCUT2D eigenvalue weighted by molar-refractivity contribution is 0.0970. The number of amides is 3. The number of nitrogens with zero attached hydrogens (tertiary/aromatic N) is 3. The fourth-order valence-corrected chi connectivity index (χ4v) is 3.00. The third-order valence-corrected chi connectivity index (χ3v) is 4.52. The molecule has 4 aromatic rings. The first kappa shape index (κ1) is 21.3. The Labute approximate surface area is 188 Å². The summed E-state index contributed by atoms with van der Waals surface area (Å²) in [6, 6.07) is 25.9. The van der Waals surface area contributed by atoms with Gasteiger partial charge in [-0.15, -0.1) is 10.2 Å². The second-order valence-corrected chi connectivity index (χ2v) is 6.82. The average molecular weight is 438 g/mol. The molecule has 0 saturated heterocycles. The monoisotopic (exact) mass is 438 g/mol. The van der Waals surface area contributed by atoms with E-state index in [1.807, 2.05) is 0 Å². The lowest BCUT2D eigenvalue weighted by Gasteiger charge is -2.12. The van der Waals surface area contributed by atoms with Crippen LogP contribution in [-0.4, -0.2) is 33.1 Å². The highest BCUT2D eigenvalue weighted by Gasteiger charge is 2.28. The van der Waals surface area contributed by atoms with Crippen molar-refractivity contribution in [3.8, 4) is 0 Å². The van der Waals surface area contributed by atoms with Gasteiger partial charge in [-0.1, -0.05) is 54.6 Å². The van der Waals surface area contributed by atoms with Gasteiger partial charge in [-0.2, -0.15) is 0 Å². The van der Waals surface area contributed by atoms with E-state index in [9.17, 15) is 14.4 Å². The molecule has 0 fully saturated rings. The van der Waals surface area contributed by atoms with Crippen molar-refractivity contribution in [1.29, 1.82) is 0 Å². The molecular weight excluding hydrogens is 420 g/mol. The Balaban J connectivity index is 1.72. The molecule has 9 nitrogen and oxygen atoms in total. The van der Waals surface area contributed by atoms with Gasteiger partial charge in [0, 0.05) is 17.1 Å². The van der Waals surface area contributed by atoms with E-state index in [4.69, 9.17) is 0 Å². The van der Waals surface area contributed by atoms with E-state index in [1.165, 1.54) is 0 Å². The second kappa shape index (κ2) is 9.92. The fraction of sp³-hybridized carbons (Fsp3) is 0. The van der Waals surface area contributed by atoms with E-state index in [1.54, 1.807) is 91.0 Å². The zero-order valence-electron chi connectivity index (χ0n) is 17.2. The Kier molecular flexibility index (Phi) is 6.41. The van der Waals surface area contributed by atoms with Crippen molar-refractivity contribution in [3.63, 3.8) is 0 Å². The van der Waals surface area contributed by atoms with Gasteiger partial charge in [0.2, 0.25) is 0 Å². The Morgan fingerprint density at radius 2 is 0.818 bits per heavy atom. The Morgan fingerprint density at radius 1 is 0.485 bits per heavy atom. The summed E-state index contributed by atoms with van der Waals surface area (Å²) in [6.45, 7) is 0. The smallest absolute Gasteiger partial charge is 0.277 e. The van der Waals surface area contributed by atoms with Gasteiger partial charge in [0.1, 0.15) is 5.56 Å². The van der Waals surface area contributed by atoms with Crippen molar-refractivity contribution >= 4 is 34.8 Å². The number of nitrogens with one attached hydrogen (secondary N) is 3. The van der Waals surface area contributed by atoms with E-state index < -0.39 is 17.7 Å². The zero-order chi connectivity index (χ0) is 23.0. The molecule has 0 saturated carbocycles. The third kappa shape index (κ3) is 5.23. The molecule has 3 aromatic carbocycles. The second-order valence-electron chi connectivity index (χ2n) is 6.82. The summed E-state index contributed by atoms with van der Waals surface area (Å²) >= 11 is 0. The predicted octanol–water partition coefficient (Wildman–Crippen LogP) is 3.63. The summed E-state index contributed by atoms with van der Waals surface area (Å²) in [5.74, 6) is -2.13. The van der Waals surface area contributed by atoms with E-state index in [2.05, 4.69) is 31.4 Å². The summed E-state index contributed by atoms with van der Waals surface area (Å²) in [7, 11) is 0. The normalized spacial score (nSPS) is 10.2. The Hall–Kier alpha value is -4.92. The summed E-state index contributed by atoms with van der Waals surface area (Å²) in [5.41, 5.74) is 0.497. The molecule has 1 aromatic heterocycles. The first-order chi connectivity index (χ1) is 16.1. The topological polar surface area (TPSA) is 126 Å². The number of aromatic nitrogens is 3. The van der Waals surface area contributed by atoms with Crippen LogP contribution in [-0.2, 0) is 0 Å². The fourth-order valence-electron chi connectivity index (χ4n) is 3.00. The van der Waals surface area contributed by atoms with Gasteiger partial charge >= 0.3 is 0 Å². The van der Waals surface area contributed by atoms with E-state index in [0.29, 0.717) is 17.1 Å². The first-order valence-electron chi connectivity index (χ1n) is 9.94. The van der Waals surface area contributed by atoms with Crippen molar-refractivity contribution in [2.24, 2.45) is 0 Å². The molecule has 0 radical (unpaired) electrons.